The Bertz CT molecular complexity index is 1080. The van der Waals surface area contributed by atoms with Crippen molar-refractivity contribution in [3.8, 4) is 0 Å². The maximum absolute atomic E-state index is 12.6. The molecule has 1 saturated heterocycles. The average Bonchev–Trinajstić information content (AvgIpc) is 3.20. The number of nitrogens with zero attached hydrogens (tertiary/aromatic N) is 3. The number of sulfonamides is 1. The van der Waals surface area contributed by atoms with Crippen LogP contribution in [0.2, 0.25) is 0 Å². The first-order valence-electron chi connectivity index (χ1n) is 10.9. The molecule has 1 fully saturated rings. The maximum atomic E-state index is 12.6. The molecule has 1 aliphatic rings. The second kappa shape index (κ2) is 10.3. The minimum atomic E-state index is -3.59. The summed E-state index contributed by atoms with van der Waals surface area (Å²) in [7, 11) is -3.59. The van der Waals surface area contributed by atoms with Gasteiger partial charge in [0.1, 0.15) is 5.01 Å². The van der Waals surface area contributed by atoms with Crippen molar-refractivity contribution < 1.29 is 18.0 Å². The van der Waals surface area contributed by atoms with E-state index in [9.17, 15) is 18.0 Å². The molecular formula is C22H31N5O4S2. The zero-order chi connectivity index (χ0) is 24.2. The third kappa shape index (κ3) is 6.81. The number of aromatic nitrogens is 2. The highest BCUT2D eigenvalue weighted by Gasteiger charge is 2.32. The summed E-state index contributed by atoms with van der Waals surface area (Å²) in [4.78, 5) is 27.0. The number of likely N-dealkylation sites (tertiary alicyclic amines) is 1. The third-order valence-electron chi connectivity index (χ3n) is 5.45. The largest absolute Gasteiger partial charge is 0.342 e. The van der Waals surface area contributed by atoms with Gasteiger partial charge >= 0.3 is 0 Å². The third-order valence-corrected chi connectivity index (χ3v) is 7.83. The van der Waals surface area contributed by atoms with Gasteiger partial charge in [0.15, 0.2) is 0 Å². The van der Waals surface area contributed by atoms with E-state index in [-0.39, 0.29) is 29.2 Å². The normalized spacial score (nSPS) is 15.5. The van der Waals surface area contributed by atoms with E-state index in [1.807, 2.05) is 32.6 Å². The van der Waals surface area contributed by atoms with E-state index < -0.39 is 15.4 Å². The van der Waals surface area contributed by atoms with Crippen LogP contribution in [0.5, 0.6) is 0 Å². The van der Waals surface area contributed by atoms with Crippen LogP contribution in [0.1, 0.15) is 44.2 Å². The first kappa shape index (κ1) is 25.3. The standard InChI is InChI=1S/C22H31N5O4S2/c1-15-5-7-17(8-6-15)33(30,31)23-12-9-18-25-26-21(32-18)24-19(28)16-10-13-27(14-11-16)20(29)22(2,3)4/h5-8,16,23H,9-14H2,1-4H3,(H,24,26,28). The summed E-state index contributed by atoms with van der Waals surface area (Å²) in [6.45, 7) is 8.90. The molecule has 1 aliphatic heterocycles. The van der Waals surface area contributed by atoms with Gasteiger partial charge < -0.3 is 10.2 Å². The van der Waals surface area contributed by atoms with Crippen LogP contribution in [-0.2, 0) is 26.0 Å². The SMILES string of the molecule is Cc1ccc(S(=O)(=O)NCCc2nnc(NC(=O)C3CCN(C(=O)C(C)(C)C)CC3)s2)cc1. The highest BCUT2D eigenvalue weighted by atomic mass is 32.2. The van der Waals surface area contributed by atoms with Gasteiger partial charge in [-0.05, 0) is 31.9 Å². The lowest BCUT2D eigenvalue weighted by molar-refractivity contribution is -0.142. The van der Waals surface area contributed by atoms with E-state index >= 15 is 0 Å². The average molecular weight is 494 g/mol. The van der Waals surface area contributed by atoms with Crippen LogP contribution in [0.4, 0.5) is 5.13 Å². The molecule has 0 bridgehead atoms. The number of piperidine rings is 1. The molecule has 0 aliphatic carbocycles. The van der Waals surface area contributed by atoms with Crippen molar-refractivity contribution in [2.45, 2.75) is 51.9 Å². The van der Waals surface area contributed by atoms with Crippen molar-refractivity contribution in [3.63, 3.8) is 0 Å². The van der Waals surface area contributed by atoms with Gasteiger partial charge in [0, 0.05) is 37.4 Å². The molecule has 1 aromatic heterocycles. The molecule has 33 heavy (non-hydrogen) atoms. The summed E-state index contributed by atoms with van der Waals surface area (Å²) < 4.78 is 27.3. The quantitative estimate of drug-likeness (QED) is 0.611. The van der Waals surface area contributed by atoms with Crippen molar-refractivity contribution in [2.75, 3.05) is 25.0 Å². The van der Waals surface area contributed by atoms with Crippen molar-refractivity contribution in [1.29, 1.82) is 0 Å². The highest BCUT2D eigenvalue weighted by Crippen LogP contribution is 2.25. The van der Waals surface area contributed by atoms with Gasteiger partial charge in [-0.15, -0.1) is 10.2 Å². The number of rotatable bonds is 7. The number of hydrogen-bond acceptors (Lipinski definition) is 7. The van der Waals surface area contributed by atoms with Crippen LogP contribution in [0.25, 0.3) is 0 Å². The fraction of sp³-hybridized carbons (Fsp3) is 0.545. The van der Waals surface area contributed by atoms with Crippen LogP contribution in [0.3, 0.4) is 0 Å². The highest BCUT2D eigenvalue weighted by molar-refractivity contribution is 7.89. The number of amides is 2. The number of aryl methyl sites for hydroxylation is 1. The van der Waals surface area contributed by atoms with E-state index in [2.05, 4.69) is 20.2 Å². The number of carbonyl (C=O) groups is 2. The molecule has 0 saturated carbocycles. The lowest BCUT2D eigenvalue weighted by atomic mass is 9.91. The Labute approximate surface area is 199 Å². The summed E-state index contributed by atoms with van der Waals surface area (Å²) in [5.74, 6) is -0.198. The van der Waals surface area contributed by atoms with E-state index in [0.717, 1.165) is 5.56 Å². The Hall–Kier alpha value is -2.37. The Morgan fingerprint density at radius 2 is 1.76 bits per heavy atom. The number of anilines is 1. The molecule has 2 amide bonds. The second-order valence-electron chi connectivity index (χ2n) is 9.27. The first-order chi connectivity index (χ1) is 15.5. The van der Waals surface area contributed by atoms with E-state index in [1.165, 1.54) is 11.3 Å². The van der Waals surface area contributed by atoms with Crippen molar-refractivity contribution >= 4 is 38.3 Å². The number of benzene rings is 1. The molecule has 1 aromatic carbocycles. The Morgan fingerprint density at radius 1 is 1.12 bits per heavy atom. The molecule has 0 atom stereocenters. The van der Waals surface area contributed by atoms with Gasteiger partial charge in [0.2, 0.25) is 27.0 Å². The first-order valence-corrected chi connectivity index (χ1v) is 13.2. The topological polar surface area (TPSA) is 121 Å². The number of hydrogen-bond donors (Lipinski definition) is 2. The van der Waals surface area contributed by atoms with Crippen LogP contribution in [0, 0.1) is 18.3 Å². The summed E-state index contributed by atoms with van der Waals surface area (Å²) >= 11 is 1.23. The molecule has 180 valence electrons. The number of nitrogens with one attached hydrogen (secondary N) is 2. The van der Waals surface area contributed by atoms with Gasteiger partial charge in [0.25, 0.3) is 0 Å². The molecule has 9 nitrogen and oxygen atoms in total. The summed E-state index contributed by atoms with van der Waals surface area (Å²) in [5.41, 5.74) is 0.563. The number of carbonyl (C=O) groups excluding carboxylic acids is 2. The molecule has 0 radical (unpaired) electrons. The maximum Gasteiger partial charge on any atom is 0.240 e. The van der Waals surface area contributed by atoms with Crippen molar-refractivity contribution in [3.05, 3.63) is 34.8 Å². The molecular weight excluding hydrogens is 462 g/mol. The second-order valence-corrected chi connectivity index (χ2v) is 12.1. The fourth-order valence-electron chi connectivity index (χ4n) is 3.52. The van der Waals surface area contributed by atoms with Crippen molar-refractivity contribution in [2.24, 2.45) is 11.3 Å². The molecule has 2 heterocycles. The Morgan fingerprint density at radius 3 is 2.36 bits per heavy atom. The monoisotopic (exact) mass is 493 g/mol. The Kier molecular flexibility index (Phi) is 7.86. The molecule has 0 spiro atoms. The van der Waals surface area contributed by atoms with Crippen LogP contribution >= 0.6 is 11.3 Å². The van der Waals surface area contributed by atoms with Crippen LogP contribution in [0.15, 0.2) is 29.2 Å². The predicted molar refractivity (Wildman–Crippen MR) is 127 cm³/mol. The van der Waals surface area contributed by atoms with E-state index in [1.54, 1.807) is 24.3 Å². The Balaban J connectivity index is 1.45. The summed E-state index contributed by atoms with van der Waals surface area (Å²) in [5, 5.41) is 11.9. The summed E-state index contributed by atoms with van der Waals surface area (Å²) in [6, 6.07) is 6.64. The lowest BCUT2D eigenvalue weighted by Gasteiger charge is -2.35. The summed E-state index contributed by atoms with van der Waals surface area (Å²) in [6.07, 6.45) is 1.59. The van der Waals surface area contributed by atoms with Crippen LogP contribution < -0.4 is 10.0 Å². The minimum Gasteiger partial charge on any atom is -0.342 e. The van der Waals surface area contributed by atoms with Crippen LogP contribution in [-0.4, -0.2) is 55.0 Å². The van der Waals surface area contributed by atoms with E-state index in [4.69, 9.17) is 0 Å². The van der Waals surface area contributed by atoms with Gasteiger partial charge in [-0.1, -0.05) is 49.8 Å². The molecule has 2 aromatic rings. The molecule has 3 rings (SSSR count). The molecule has 0 unspecified atom stereocenters. The zero-order valence-corrected chi connectivity index (χ0v) is 21.1. The van der Waals surface area contributed by atoms with Gasteiger partial charge in [-0.25, -0.2) is 13.1 Å². The molecule has 11 heteroatoms. The lowest BCUT2D eigenvalue weighted by Crippen LogP contribution is -2.45. The minimum absolute atomic E-state index is 0.105. The molecule has 2 N–H and O–H groups in total. The van der Waals surface area contributed by atoms with Crippen molar-refractivity contribution in [1.82, 2.24) is 19.8 Å². The fourth-order valence-corrected chi connectivity index (χ4v) is 5.30. The smallest absolute Gasteiger partial charge is 0.240 e. The van der Waals surface area contributed by atoms with Gasteiger partial charge in [-0.3, -0.25) is 9.59 Å². The van der Waals surface area contributed by atoms with Gasteiger partial charge in [-0.2, -0.15) is 0 Å². The van der Waals surface area contributed by atoms with E-state index in [0.29, 0.717) is 42.5 Å². The van der Waals surface area contributed by atoms with Gasteiger partial charge in [0.05, 0.1) is 4.90 Å². The predicted octanol–water partition coefficient (Wildman–Crippen LogP) is 2.59. The zero-order valence-electron chi connectivity index (χ0n) is 19.4.